The van der Waals surface area contributed by atoms with Gasteiger partial charge in [0.1, 0.15) is 10.7 Å². The Kier molecular flexibility index (Phi) is 4.63. The summed E-state index contributed by atoms with van der Waals surface area (Å²) in [5, 5.41) is 12.2. The van der Waals surface area contributed by atoms with Crippen molar-refractivity contribution in [2.75, 3.05) is 0 Å². The van der Waals surface area contributed by atoms with Crippen LogP contribution in [-0.2, 0) is 11.3 Å². The van der Waals surface area contributed by atoms with Gasteiger partial charge in [0.15, 0.2) is 5.57 Å². The fourth-order valence-electron chi connectivity index (χ4n) is 2.37. The van der Waals surface area contributed by atoms with Crippen molar-refractivity contribution in [3.8, 4) is 6.07 Å². The maximum absolute atomic E-state index is 12.6. The fraction of sp³-hybridized carbons (Fsp3) is 0.278. The molecule has 1 aliphatic rings. The zero-order valence-electron chi connectivity index (χ0n) is 13.3. The molecule has 1 fully saturated rings. The molecular formula is C18H17N3O2S. The molecule has 1 aromatic heterocycles. The first-order valence-electron chi connectivity index (χ1n) is 7.85. The Hall–Kier alpha value is -2.65. The second kappa shape index (κ2) is 6.85. The highest BCUT2D eigenvalue weighted by Crippen LogP contribution is 2.19. The molecule has 3 rings (SSSR count). The Morgan fingerprint density at radius 1 is 1.42 bits per heavy atom. The molecule has 0 unspecified atom stereocenters. The van der Waals surface area contributed by atoms with Crippen LogP contribution in [0.15, 0.2) is 35.1 Å². The number of benzene rings is 1. The smallest absolute Gasteiger partial charge is 0.269 e. The van der Waals surface area contributed by atoms with Crippen LogP contribution in [-0.4, -0.2) is 16.5 Å². The van der Waals surface area contributed by atoms with Crippen LogP contribution in [0, 0.1) is 11.3 Å². The standard InChI is InChI=1S/C18H17N3O2S/c1-2-21-17(23)15(10-12-6-4-3-5-7-12)24-18(21)14(11-19)16(22)20-13-8-9-13/h3-7,10,13H,2,8-9H2,1H3,(H,20,22). The molecule has 1 aromatic carbocycles. The summed E-state index contributed by atoms with van der Waals surface area (Å²) in [5.74, 6) is -0.394. The fourth-order valence-corrected chi connectivity index (χ4v) is 3.54. The second-order valence-corrected chi connectivity index (χ2v) is 6.64. The number of carbonyl (C=O) groups is 1. The number of nitrogens with zero attached hydrogens (tertiary/aromatic N) is 2. The Labute approximate surface area is 143 Å². The first kappa shape index (κ1) is 16.2. The van der Waals surface area contributed by atoms with E-state index < -0.39 is 5.91 Å². The van der Waals surface area contributed by atoms with E-state index in [4.69, 9.17) is 0 Å². The van der Waals surface area contributed by atoms with Gasteiger partial charge in [0.2, 0.25) is 0 Å². The van der Waals surface area contributed by atoms with E-state index in [-0.39, 0.29) is 17.2 Å². The molecule has 5 nitrogen and oxygen atoms in total. The maximum Gasteiger partial charge on any atom is 0.269 e. The van der Waals surface area contributed by atoms with Gasteiger partial charge in [-0.3, -0.25) is 14.2 Å². The Balaban J connectivity index is 2.18. The van der Waals surface area contributed by atoms with Gasteiger partial charge >= 0.3 is 0 Å². The summed E-state index contributed by atoms with van der Waals surface area (Å²) in [6.45, 7) is 2.24. The molecule has 0 aliphatic heterocycles. The van der Waals surface area contributed by atoms with Crippen LogP contribution < -0.4 is 20.1 Å². The van der Waals surface area contributed by atoms with Crippen molar-refractivity contribution < 1.29 is 4.79 Å². The van der Waals surface area contributed by atoms with Crippen LogP contribution in [0.4, 0.5) is 0 Å². The van der Waals surface area contributed by atoms with E-state index in [0.717, 1.165) is 18.4 Å². The quantitative estimate of drug-likeness (QED) is 0.891. The van der Waals surface area contributed by atoms with Crippen molar-refractivity contribution in [2.24, 2.45) is 0 Å². The van der Waals surface area contributed by atoms with Crippen LogP contribution in [0.3, 0.4) is 0 Å². The molecule has 6 heteroatoms. The number of carbonyl (C=O) groups excluding carboxylic acids is 1. The van der Waals surface area contributed by atoms with Crippen LogP contribution in [0.25, 0.3) is 11.6 Å². The molecule has 0 radical (unpaired) electrons. The van der Waals surface area contributed by atoms with Gasteiger partial charge in [-0.1, -0.05) is 30.3 Å². The molecule has 1 amide bonds. The lowest BCUT2D eigenvalue weighted by Gasteiger charge is -2.01. The van der Waals surface area contributed by atoms with Crippen molar-refractivity contribution in [3.63, 3.8) is 0 Å². The number of amides is 1. The highest BCUT2D eigenvalue weighted by Gasteiger charge is 2.25. The van der Waals surface area contributed by atoms with Gasteiger partial charge in [-0.15, -0.1) is 11.3 Å². The molecule has 0 atom stereocenters. The topological polar surface area (TPSA) is 74.9 Å². The Morgan fingerprint density at radius 2 is 2.12 bits per heavy atom. The van der Waals surface area contributed by atoms with Crippen molar-refractivity contribution in [1.82, 2.24) is 9.88 Å². The zero-order chi connectivity index (χ0) is 17.1. The van der Waals surface area contributed by atoms with Crippen LogP contribution in [0.5, 0.6) is 0 Å². The monoisotopic (exact) mass is 339 g/mol. The number of rotatable bonds is 4. The summed E-state index contributed by atoms with van der Waals surface area (Å²) in [7, 11) is 0. The lowest BCUT2D eigenvalue weighted by Crippen LogP contribution is -2.35. The third kappa shape index (κ3) is 3.31. The number of nitriles is 1. The third-order valence-corrected chi connectivity index (χ3v) is 4.92. The molecular weight excluding hydrogens is 322 g/mol. The van der Waals surface area contributed by atoms with Crippen molar-refractivity contribution >= 4 is 28.9 Å². The van der Waals surface area contributed by atoms with Crippen molar-refractivity contribution in [2.45, 2.75) is 32.4 Å². The van der Waals surface area contributed by atoms with Gasteiger partial charge in [0, 0.05) is 12.6 Å². The Bertz CT molecular complexity index is 976. The summed E-state index contributed by atoms with van der Waals surface area (Å²) in [6.07, 6.45) is 3.68. The van der Waals surface area contributed by atoms with Crippen LogP contribution >= 0.6 is 11.3 Å². The Morgan fingerprint density at radius 3 is 2.71 bits per heavy atom. The van der Waals surface area contributed by atoms with Gasteiger partial charge in [0.05, 0.1) is 4.53 Å². The first-order chi connectivity index (χ1) is 11.6. The summed E-state index contributed by atoms with van der Waals surface area (Å²) in [6, 6.07) is 11.7. The number of hydrogen-bond donors (Lipinski definition) is 1. The first-order valence-corrected chi connectivity index (χ1v) is 8.67. The van der Waals surface area contributed by atoms with Crippen molar-refractivity contribution in [1.29, 1.82) is 5.26 Å². The average molecular weight is 339 g/mol. The van der Waals surface area contributed by atoms with Gasteiger partial charge < -0.3 is 5.32 Å². The highest BCUT2D eigenvalue weighted by molar-refractivity contribution is 7.07. The lowest BCUT2D eigenvalue weighted by molar-refractivity contribution is -0.115. The van der Waals surface area contributed by atoms with Gasteiger partial charge in [0.25, 0.3) is 11.5 Å². The number of hydrogen-bond acceptors (Lipinski definition) is 4. The van der Waals surface area contributed by atoms with E-state index in [1.165, 1.54) is 15.9 Å². The SMILES string of the molecule is CCn1c(=C(C#N)C(=O)NC2CC2)sc(=Cc2ccccc2)c1=O. The lowest BCUT2D eigenvalue weighted by atomic mass is 10.2. The number of aromatic nitrogens is 1. The molecule has 0 saturated heterocycles. The van der Waals surface area contributed by atoms with E-state index in [1.807, 2.05) is 43.3 Å². The highest BCUT2D eigenvalue weighted by atomic mass is 32.1. The molecule has 2 aromatic rings. The van der Waals surface area contributed by atoms with E-state index in [2.05, 4.69) is 5.32 Å². The predicted molar refractivity (Wildman–Crippen MR) is 93.7 cm³/mol. The second-order valence-electron chi connectivity index (χ2n) is 5.61. The summed E-state index contributed by atoms with van der Waals surface area (Å²) < 4.78 is 2.43. The average Bonchev–Trinajstić information content (AvgIpc) is 3.34. The zero-order valence-corrected chi connectivity index (χ0v) is 14.1. The predicted octanol–water partition coefficient (Wildman–Crippen LogP) is 0.711. The van der Waals surface area contributed by atoms with E-state index in [0.29, 0.717) is 15.7 Å². The summed E-state index contributed by atoms with van der Waals surface area (Å²) in [5.41, 5.74) is 0.749. The number of thiazole rings is 1. The van der Waals surface area contributed by atoms with E-state index in [1.54, 1.807) is 6.08 Å². The molecule has 1 heterocycles. The van der Waals surface area contributed by atoms with Crippen LogP contribution in [0.1, 0.15) is 25.3 Å². The maximum atomic E-state index is 12.6. The third-order valence-electron chi connectivity index (χ3n) is 3.79. The minimum Gasteiger partial charge on any atom is -0.349 e. The normalized spacial score (nSPS) is 15.8. The molecule has 0 spiro atoms. The van der Waals surface area contributed by atoms with Gasteiger partial charge in [-0.05, 0) is 31.4 Å². The minimum atomic E-state index is -0.394. The van der Waals surface area contributed by atoms with Gasteiger partial charge in [-0.2, -0.15) is 5.26 Å². The molecule has 24 heavy (non-hydrogen) atoms. The van der Waals surface area contributed by atoms with Gasteiger partial charge in [-0.25, -0.2) is 0 Å². The molecule has 1 saturated carbocycles. The molecule has 1 N–H and O–H groups in total. The van der Waals surface area contributed by atoms with Crippen LogP contribution in [0.2, 0.25) is 0 Å². The summed E-state index contributed by atoms with van der Waals surface area (Å²) in [4.78, 5) is 24.9. The van der Waals surface area contributed by atoms with E-state index >= 15 is 0 Å². The summed E-state index contributed by atoms with van der Waals surface area (Å²) >= 11 is 1.19. The molecule has 122 valence electrons. The molecule has 0 bridgehead atoms. The minimum absolute atomic E-state index is 0.0126. The largest absolute Gasteiger partial charge is 0.349 e. The van der Waals surface area contributed by atoms with E-state index in [9.17, 15) is 14.9 Å². The molecule has 1 aliphatic carbocycles. The number of nitrogens with one attached hydrogen (secondary N) is 1. The van der Waals surface area contributed by atoms with Crippen molar-refractivity contribution in [3.05, 3.63) is 55.4 Å².